The predicted octanol–water partition coefficient (Wildman–Crippen LogP) is 5.37. The van der Waals surface area contributed by atoms with Gasteiger partial charge in [-0.2, -0.15) is 0 Å². The third-order valence-electron chi connectivity index (χ3n) is 6.76. The Morgan fingerprint density at radius 2 is 1.04 bits per heavy atom. The molecule has 1 saturated heterocycles. The molecule has 0 aromatic heterocycles. The van der Waals surface area contributed by atoms with Crippen LogP contribution >= 0.6 is 0 Å². The molecule has 1 aliphatic heterocycles. The van der Waals surface area contributed by atoms with E-state index in [1.54, 1.807) is 15.9 Å². The first-order valence-corrected chi connectivity index (χ1v) is 12.6. The second-order valence-electron chi connectivity index (χ2n) is 8.36. The molecule has 27 heavy (non-hydrogen) atoms. The first-order valence-electron chi connectivity index (χ1n) is 10.2. The summed E-state index contributed by atoms with van der Waals surface area (Å²) in [6.07, 6.45) is 5.05. The second-order valence-corrected chi connectivity index (χ2v) is 12.5. The summed E-state index contributed by atoms with van der Waals surface area (Å²) in [7, 11) is -1.63. The van der Waals surface area contributed by atoms with Crippen molar-refractivity contribution in [3.63, 3.8) is 0 Å². The van der Waals surface area contributed by atoms with Crippen LogP contribution < -0.4 is 10.4 Å². The average Bonchev–Trinajstić information content (AvgIpc) is 3.27. The molecule has 0 N–H and O–H groups in total. The fraction of sp³-hybridized carbons (Fsp3) is 0.231. The zero-order valence-corrected chi connectivity index (χ0v) is 16.7. The fourth-order valence-corrected chi connectivity index (χ4v) is 11.5. The van der Waals surface area contributed by atoms with Crippen molar-refractivity contribution >= 4 is 24.5 Å². The van der Waals surface area contributed by atoms with E-state index in [9.17, 15) is 0 Å². The lowest BCUT2D eigenvalue weighted by atomic mass is 10.0. The highest BCUT2D eigenvalue weighted by Gasteiger charge is 2.51. The molecule has 0 bridgehead atoms. The highest BCUT2D eigenvalue weighted by Crippen LogP contribution is 2.51. The predicted molar refractivity (Wildman–Crippen MR) is 118 cm³/mol. The summed E-state index contributed by atoms with van der Waals surface area (Å²) < 4.78 is 0. The summed E-state index contributed by atoms with van der Waals surface area (Å²) in [6.45, 7) is 0. The van der Waals surface area contributed by atoms with Gasteiger partial charge in [0.05, 0.1) is 0 Å². The Kier molecular flexibility index (Phi) is 4.33. The van der Waals surface area contributed by atoms with Crippen molar-refractivity contribution in [3.8, 4) is 0 Å². The van der Waals surface area contributed by atoms with Crippen LogP contribution in [0.1, 0.15) is 18.4 Å². The maximum atomic E-state index is 2.45. The second kappa shape index (κ2) is 6.98. The quantitative estimate of drug-likeness (QED) is 0.547. The molecule has 3 aromatic carbocycles. The Bertz CT molecular complexity index is 870. The van der Waals surface area contributed by atoms with Crippen molar-refractivity contribution in [2.75, 3.05) is 0 Å². The van der Waals surface area contributed by atoms with Crippen molar-refractivity contribution in [3.05, 3.63) is 102 Å². The van der Waals surface area contributed by atoms with Gasteiger partial charge in [-0.3, -0.25) is 0 Å². The number of rotatable bonds is 3. The SMILES string of the molecule is C(=C1C[C@H]2C[Si](c3ccccc3)(c3ccccc3)C[C@@H]2C1)c1ccccc1. The molecule has 1 aliphatic carbocycles. The van der Waals surface area contributed by atoms with Crippen LogP contribution in [0.5, 0.6) is 0 Å². The van der Waals surface area contributed by atoms with Crippen LogP contribution in [0, 0.1) is 11.8 Å². The highest BCUT2D eigenvalue weighted by molar-refractivity contribution is 7.02. The molecule has 0 unspecified atom stereocenters. The Morgan fingerprint density at radius 1 is 0.593 bits per heavy atom. The first-order chi connectivity index (χ1) is 13.3. The van der Waals surface area contributed by atoms with Crippen LogP contribution in [0.4, 0.5) is 0 Å². The summed E-state index contributed by atoms with van der Waals surface area (Å²) in [5.74, 6) is 1.74. The minimum absolute atomic E-state index is 0.868. The van der Waals surface area contributed by atoms with Gasteiger partial charge < -0.3 is 0 Å². The van der Waals surface area contributed by atoms with Crippen molar-refractivity contribution in [1.82, 2.24) is 0 Å². The zero-order valence-electron chi connectivity index (χ0n) is 15.7. The number of benzene rings is 3. The topological polar surface area (TPSA) is 0 Å². The van der Waals surface area contributed by atoms with Gasteiger partial charge in [-0.1, -0.05) is 113 Å². The molecule has 5 rings (SSSR count). The van der Waals surface area contributed by atoms with E-state index in [1.807, 2.05) is 0 Å². The van der Waals surface area contributed by atoms with Gasteiger partial charge in [0.1, 0.15) is 8.07 Å². The molecule has 2 atom stereocenters. The van der Waals surface area contributed by atoms with Gasteiger partial charge in [-0.25, -0.2) is 0 Å². The van der Waals surface area contributed by atoms with Crippen molar-refractivity contribution < 1.29 is 0 Å². The summed E-state index contributed by atoms with van der Waals surface area (Å²) in [5.41, 5.74) is 3.03. The van der Waals surface area contributed by atoms with E-state index in [1.165, 1.54) is 30.5 Å². The van der Waals surface area contributed by atoms with Crippen molar-refractivity contribution in [2.45, 2.75) is 24.9 Å². The number of hydrogen-bond donors (Lipinski definition) is 0. The highest BCUT2D eigenvalue weighted by atomic mass is 28.3. The van der Waals surface area contributed by atoms with Crippen molar-refractivity contribution in [2.24, 2.45) is 11.8 Å². The molecular weight excluding hydrogens is 340 g/mol. The normalized spacial score (nSPS) is 23.2. The van der Waals surface area contributed by atoms with Crippen LogP contribution in [0.15, 0.2) is 96.6 Å². The molecule has 2 aliphatic rings. The molecule has 3 aromatic rings. The summed E-state index contributed by atoms with van der Waals surface area (Å²) in [5, 5.41) is 3.28. The Labute approximate surface area is 163 Å². The minimum Gasteiger partial charge on any atom is -0.0691 e. The Morgan fingerprint density at radius 3 is 1.52 bits per heavy atom. The molecule has 1 saturated carbocycles. The molecule has 2 fully saturated rings. The molecule has 0 spiro atoms. The van der Waals surface area contributed by atoms with Crippen LogP contribution in [-0.4, -0.2) is 8.07 Å². The van der Waals surface area contributed by atoms with Crippen LogP contribution in [0.2, 0.25) is 12.1 Å². The van der Waals surface area contributed by atoms with E-state index >= 15 is 0 Å². The molecule has 1 heteroatoms. The molecule has 0 radical (unpaired) electrons. The Balaban J connectivity index is 1.46. The van der Waals surface area contributed by atoms with Crippen LogP contribution in [-0.2, 0) is 0 Å². The average molecular weight is 367 g/mol. The van der Waals surface area contributed by atoms with E-state index in [0.717, 1.165) is 11.8 Å². The first kappa shape index (κ1) is 16.8. The lowest BCUT2D eigenvalue weighted by Gasteiger charge is -2.29. The Hall–Kier alpha value is -2.38. The third-order valence-corrected chi connectivity index (χ3v) is 12.1. The number of hydrogen-bond acceptors (Lipinski definition) is 0. The maximum Gasteiger partial charge on any atom is 0.118 e. The van der Waals surface area contributed by atoms with Crippen LogP contribution in [0.3, 0.4) is 0 Å². The van der Waals surface area contributed by atoms with Gasteiger partial charge in [0.2, 0.25) is 0 Å². The minimum atomic E-state index is -1.63. The summed E-state index contributed by atoms with van der Waals surface area (Å²) >= 11 is 0. The van der Waals surface area contributed by atoms with E-state index in [4.69, 9.17) is 0 Å². The van der Waals surface area contributed by atoms with E-state index in [-0.39, 0.29) is 0 Å². The largest absolute Gasteiger partial charge is 0.118 e. The number of fused-ring (bicyclic) bond motifs is 1. The van der Waals surface area contributed by atoms with Crippen molar-refractivity contribution in [1.29, 1.82) is 0 Å². The lowest BCUT2D eigenvalue weighted by molar-refractivity contribution is 0.486. The molecule has 0 amide bonds. The summed E-state index contributed by atoms with van der Waals surface area (Å²) in [6, 6.07) is 36.6. The molecule has 0 nitrogen and oxygen atoms in total. The molecular formula is C26H26Si. The van der Waals surface area contributed by atoms with E-state index in [2.05, 4.69) is 97.1 Å². The molecule has 1 heterocycles. The lowest BCUT2D eigenvalue weighted by Crippen LogP contribution is -2.56. The van der Waals surface area contributed by atoms with Gasteiger partial charge in [0, 0.05) is 0 Å². The van der Waals surface area contributed by atoms with Gasteiger partial charge in [-0.15, -0.1) is 0 Å². The van der Waals surface area contributed by atoms with Gasteiger partial charge in [-0.05, 0) is 42.3 Å². The molecule has 134 valence electrons. The van der Waals surface area contributed by atoms with Gasteiger partial charge in [0.15, 0.2) is 0 Å². The standard InChI is InChI=1S/C26H26Si/c1-4-10-21(11-5-1)16-22-17-23-19-27(20-24(23)18-22,25-12-6-2-7-13-25)26-14-8-3-9-15-26/h1-16,23-24H,17-20H2/t23-,24-/m0/s1. The zero-order chi connectivity index (χ0) is 18.1. The van der Waals surface area contributed by atoms with E-state index in [0.29, 0.717) is 0 Å². The maximum absolute atomic E-state index is 2.45. The number of allylic oxidation sites excluding steroid dienone is 1. The third kappa shape index (κ3) is 3.11. The smallest absolute Gasteiger partial charge is 0.0691 e. The van der Waals surface area contributed by atoms with Gasteiger partial charge >= 0.3 is 0 Å². The van der Waals surface area contributed by atoms with Gasteiger partial charge in [0.25, 0.3) is 0 Å². The summed E-state index contributed by atoms with van der Waals surface area (Å²) in [4.78, 5) is 0. The van der Waals surface area contributed by atoms with Crippen LogP contribution in [0.25, 0.3) is 6.08 Å². The fourth-order valence-electron chi connectivity index (χ4n) is 5.60. The monoisotopic (exact) mass is 366 g/mol. The van der Waals surface area contributed by atoms with E-state index < -0.39 is 8.07 Å².